The van der Waals surface area contributed by atoms with Crippen molar-refractivity contribution in [2.24, 2.45) is 0 Å². The molecule has 1 fully saturated rings. The van der Waals surface area contributed by atoms with E-state index in [2.05, 4.69) is 0 Å². The van der Waals surface area contributed by atoms with Crippen LogP contribution in [0.25, 0.3) is 0 Å². The van der Waals surface area contributed by atoms with E-state index in [9.17, 15) is 15.0 Å². The summed E-state index contributed by atoms with van der Waals surface area (Å²) < 4.78 is 12.1. The van der Waals surface area contributed by atoms with E-state index in [1.54, 1.807) is 12.1 Å². The predicted octanol–water partition coefficient (Wildman–Crippen LogP) is 1.66. The van der Waals surface area contributed by atoms with Crippen LogP contribution in [0, 0.1) is 0 Å². The summed E-state index contributed by atoms with van der Waals surface area (Å²) in [5.41, 5.74) is 0.265. The van der Waals surface area contributed by atoms with Gasteiger partial charge in [-0.2, -0.15) is 0 Å². The van der Waals surface area contributed by atoms with Crippen molar-refractivity contribution in [3.8, 4) is 0 Å². The van der Waals surface area contributed by atoms with Crippen molar-refractivity contribution in [3.63, 3.8) is 0 Å². The zero-order chi connectivity index (χ0) is 18.1. The van der Waals surface area contributed by atoms with Crippen LogP contribution in [-0.2, 0) is 14.1 Å². The SMILES string of the molecule is CC(=O)SCC(O)C(O)c1ccccc1B1OC(C)(C)C(C)(C)O1. The van der Waals surface area contributed by atoms with Gasteiger partial charge in [0, 0.05) is 12.7 Å². The smallest absolute Gasteiger partial charge is 0.399 e. The molecule has 0 radical (unpaired) electrons. The maximum atomic E-state index is 11.1. The third kappa shape index (κ3) is 4.03. The van der Waals surface area contributed by atoms with Gasteiger partial charge in [0.2, 0.25) is 0 Å². The maximum absolute atomic E-state index is 11.1. The molecule has 0 spiro atoms. The highest BCUT2D eigenvalue weighted by Gasteiger charge is 2.52. The molecule has 0 aliphatic carbocycles. The molecule has 1 aromatic carbocycles. The molecule has 7 heteroatoms. The second-order valence-corrected chi connectivity index (χ2v) is 8.23. The summed E-state index contributed by atoms with van der Waals surface area (Å²) in [7, 11) is -0.617. The quantitative estimate of drug-likeness (QED) is 0.785. The van der Waals surface area contributed by atoms with Crippen LogP contribution in [-0.4, -0.2) is 45.5 Å². The van der Waals surface area contributed by atoms with E-state index in [0.29, 0.717) is 11.0 Å². The number of hydrogen-bond donors (Lipinski definition) is 2. The van der Waals surface area contributed by atoms with Gasteiger partial charge in [-0.25, -0.2) is 0 Å². The summed E-state index contributed by atoms with van der Waals surface area (Å²) in [5.74, 6) is 0.133. The summed E-state index contributed by atoms with van der Waals surface area (Å²) in [6, 6.07) is 7.20. The first-order valence-electron chi connectivity index (χ1n) is 7.99. The molecule has 1 heterocycles. The lowest BCUT2D eigenvalue weighted by Crippen LogP contribution is -2.41. The zero-order valence-electron chi connectivity index (χ0n) is 14.8. The van der Waals surface area contributed by atoms with E-state index in [1.807, 2.05) is 39.8 Å². The molecule has 1 saturated heterocycles. The highest BCUT2D eigenvalue weighted by atomic mass is 32.2. The monoisotopic (exact) mass is 352 g/mol. The summed E-state index contributed by atoms with van der Waals surface area (Å²) in [4.78, 5) is 11.1. The Hall–Kier alpha value is -0.855. The van der Waals surface area contributed by atoms with Crippen LogP contribution in [0.3, 0.4) is 0 Å². The topological polar surface area (TPSA) is 76.0 Å². The lowest BCUT2D eigenvalue weighted by Gasteiger charge is -2.32. The fourth-order valence-corrected chi connectivity index (χ4v) is 3.05. The van der Waals surface area contributed by atoms with Gasteiger partial charge >= 0.3 is 7.12 Å². The van der Waals surface area contributed by atoms with Gasteiger partial charge in [-0.15, -0.1) is 0 Å². The molecular formula is C17H25BO5S. The Morgan fingerprint density at radius 2 is 1.71 bits per heavy atom. The molecule has 24 heavy (non-hydrogen) atoms. The fourth-order valence-electron chi connectivity index (χ4n) is 2.47. The van der Waals surface area contributed by atoms with Crippen molar-refractivity contribution in [1.82, 2.24) is 0 Å². The molecule has 0 amide bonds. The van der Waals surface area contributed by atoms with Gasteiger partial charge in [0.05, 0.1) is 17.3 Å². The maximum Gasteiger partial charge on any atom is 0.495 e. The predicted molar refractivity (Wildman–Crippen MR) is 96.3 cm³/mol. The van der Waals surface area contributed by atoms with E-state index in [4.69, 9.17) is 9.31 Å². The van der Waals surface area contributed by atoms with Crippen LogP contribution >= 0.6 is 11.8 Å². The van der Waals surface area contributed by atoms with Crippen LogP contribution in [0.5, 0.6) is 0 Å². The molecule has 1 aliphatic heterocycles. The molecule has 1 aliphatic rings. The first-order valence-corrected chi connectivity index (χ1v) is 8.97. The summed E-state index contributed by atoms with van der Waals surface area (Å²) >= 11 is 0.989. The Balaban J connectivity index is 2.24. The van der Waals surface area contributed by atoms with Crippen molar-refractivity contribution in [3.05, 3.63) is 29.8 Å². The summed E-state index contributed by atoms with van der Waals surface area (Å²) in [5, 5.41) is 20.6. The number of carbonyl (C=O) groups is 1. The number of aliphatic hydroxyl groups is 2. The number of aliphatic hydroxyl groups excluding tert-OH is 2. The largest absolute Gasteiger partial charge is 0.495 e. The second-order valence-electron chi connectivity index (χ2n) is 7.03. The van der Waals surface area contributed by atoms with E-state index in [1.165, 1.54) is 6.92 Å². The lowest BCUT2D eigenvalue weighted by atomic mass is 9.74. The van der Waals surface area contributed by atoms with Crippen molar-refractivity contribution in [2.75, 3.05) is 5.75 Å². The van der Waals surface area contributed by atoms with Crippen molar-refractivity contribution < 1.29 is 24.3 Å². The minimum Gasteiger partial charge on any atom is -0.399 e. The number of carbonyl (C=O) groups excluding carboxylic acids is 1. The molecule has 132 valence electrons. The summed E-state index contributed by atoms with van der Waals surface area (Å²) in [6.45, 7) is 9.28. The molecule has 5 nitrogen and oxygen atoms in total. The Morgan fingerprint density at radius 1 is 1.17 bits per heavy atom. The van der Waals surface area contributed by atoms with Crippen LogP contribution in [0.4, 0.5) is 0 Å². The number of benzene rings is 1. The van der Waals surface area contributed by atoms with Crippen LogP contribution in [0.15, 0.2) is 24.3 Å². The minimum absolute atomic E-state index is 0.0968. The van der Waals surface area contributed by atoms with Gasteiger partial charge in [0.15, 0.2) is 5.12 Å². The average Bonchev–Trinajstić information content (AvgIpc) is 2.72. The van der Waals surface area contributed by atoms with Crippen LogP contribution in [0.1, 0.15) is 46.3 Å². The zero-order valence-corrected chi connectivity index (χ0v) is 15.6. The van der Waals surface area contributed by atoms with Crippen LogP contribution in [0.2, 0.25) is 0 Å². The molecule has 2 atom stereocenters. The molecule has 0 aromatic heterocycles. The Morgan fingerprint density at radius 3 is 2.25 bits per heavy atom. The highest BCUT2D eigenvalue weighted by Crippen LogP contribution is 2.37. The third-order valence-electron chi connectivity index (χ3n) is 4.64. The van der Waals surface area contributed by atoms with Gasteiger partial charge < -0.3 is 19.5 Å². The summed E-state index contributed by atoms with van der Waals surface area (Å²) in [6.07, 6.45) is -2.17. The molecule has 0 bridgehead atoms. The number of rotatable bonds is 5. The van der Waals surface area contributed by atoms with Crippen molar-refractivity contribution >= 4 is 29.5 Å². The van der Waals surface area contributed by atoms with E-state index in [0.717, 1.165) is 11.8 Å². The Labute approximate surface area is 147 Å². The van der Waals surface area contributed by atoms with E-state index < -0.39 is 30.5 Å². The van der Waals surface area contributed by atoms with Crippen LogP contribution < -0.4 is 5.46 Å². The first kappa shape index (κ1) is 19.5. The number of thioether (sulfide) groups is 1. The Bertz CT molecular complexity index is 588. The van der Waals surface area contributed by atoms with E-state index >= 15 is 0 Å². The van der Waals surface area contributed by atoms with Gasteiger partial charge in [0.25, 0.3) is 0 Å². The molecule has 2 N–H and O–H groups in total. The normalized spacial score (nSPS) is 21.5. The fraction of sp³-hybridized carbons (Fsp3) is 0.588. The molecule has 0 saturated carbocycles. The molecule has 1 aromatic rings. The Kier molecular flexibility index (Phi) is 5.82. The molecule has 2 rings (SSSR count). The number of hydrogen-bond acceptors (Lipinski definition) is 6. The van der Waals surface area contributed by atoms with Crippen molar-refractivity contribution in [2.45, 2.75) is 58.0 Å². The lowest BCUT2D eigenvalue weighted by molar-refractivity contribution is -0.109. The van der Waals surface area contributed by atoms with Gasteiger partial charge in [-0.05, 0) is 38.7 Å². The van der Waals surface area contributed by atoms with E-state index in [-0.39, 0.29) is 10.9 Å². The third-order valence-corrected chi connectivity index (χ3v) is 5.56. The van der Waals surface area contributed by atoms with Gasteiger partial charge in [-0.3, -0.25) is 4.79 Å². The first-order chi connectivity index (χ1) is 11.0. The second kappa shape index (κ2) is 7.18. The average molecular weight is 352 g/mol. The van der Waals surface area contributed by atoms with Gasteiger partial charge in [0.1, 0.15) is 6.10 Å². The van der Waals surface area contributed by atoms with Crippen molar-refractivity contribution in [1.29, 1.82) is 0 Å². The molecule has 2 unspecified atom stereocenters. The standard InChI is InChI=1S/C17H25BO5S/c1-11(19)24-10-14(20)15(21)12-8-6-7-9-13(12)18-22-16(2,3)17(4,5)23-18/h6-9,14-15,20-21H,10H2,1-5H3. The highest BCUT2D eigenvalue weighted by molar-refractivity contribution is 8.13. The van der Waals surface area contributed by atoms with Gasteiger partial charge in [-0.1, -0.05) is 36.0 Å². The minimum atomic E-state index is -1.12. The molecular weight excluding hydrogens is 327 g/mol.